The molecule has 1 N–H and O–H groups in total. The number of anilines is 1. The molecule has 0 fully saturated rings. The molecule has 0 radical (unpaired) electrons. The highest BCUT2D eigenvalue weighted by molar-refractivity contribution is 7.92. The van der Waals surface area contributed by atoms with Gasteiger partial charge >= 0.3 is 0 Å². The first kappa shape index (κ1) is 13.1. The quantitative estimate of drug-likeness (QED) is 0.944. The molecule has 2 aromatic carbocycles. The molecule has 20 heavy (non-hydrogen) atoms. The zero-order valence-electron chi connectivity index (χ0n) is 10.9. The van der Waals surface area contributed by atoms with Crippen molar-refractivity contribution in [2.75, 3.05) is 11.3 Å². The maximum atomic E-state index is 12.3. The maximum Gasteiger partial charge on any atom is 0.261 e. The Hall–Kier alpha value is -1.85. The number of fused-ring (bicyclic) bond motifs is 1. The van der Waals surface area contributed by atoms with E-state index in [0.717, 1.165) is 17.5 Å². The molecule has 0 aliphatic carbocycles. The summed E-state index contributed by atoms with van der Waals surface area (Å²) in [6.07, 6.45) is 0.754. The Balaban J connectivity index is 1.91. The van der Waals surface area contributed by atoms with Gasteiger partial charge in [-0.3, -0.25) is 4.72 Å². The number of para-hydroxylation sites is 1. The lowest BCUT2D eigenvalue weighted by Gasteiger charge is -2.17. The first-order valence-electron chi connectivity index (χ1n) is 6.42. The fourth-order valence-electron chi connectivity index (χ4n) is 2.23. The van der Waals surface area contributed by atoms with Crippen molar-refractivity contribution in [3.8, 4) is 0 Å². The highest BCUT2D eigenvalue weighted by Crippen LogP contribution is 2.22. The van der Waals surface area contributed by atoms with Crippen LogP contribution in [0, 0.1) is 0 Å². The van der Waals surface area contributed by atoms with Gasteiger partial charge in [0.25, 0.3) is 10.0 Å². The lowest BCUT2D eigenvalue weighted by molar-refractivity contribution is 0.110. The van der Waals surface area contributed by atoms with Gasteiger partial charge in [0.15, 0.2) is 0 Å². The minimum absolute atomic E-state index is 0.294. The van der Waals surface area contributed by atoms with Gasteiger partial charge in [0.1, 0.15) is 0 Å². The Morgan fingerprint density at radius 1 is 1.00 bits per heavy atom. The molecule has 104 valence electrons. The normalized spacial score (nSPS) is 14.6. The van der Waals surface area contributed by atoms with Gasteiger partial charge in [-0.2, -0.15) is 0 Å². The monoisotopic (exact) mass is 289 g/mol. The van der Waals surface area contributed by atoms with Crippen LogP contribution in [0.25, 0.3) is 0 Å². The van der Waals surface area contributed by atoms with E-state index in [2.05, 4.69) is 4.72 Å². The lowest BCUT2D eigenvalue weighted by Crippen LogP contribution is -2.15. The summed E-state index contributed by atoms with van der Waals surface area (Å²) in [5.41, 5.74) is 2.68. The highest BCUT2D eigenvalue weighted by atomic mass is 32.2. The Bertz CT molecular complexity index is 711. The van der Waals surface area contributed by atoms with Crippen molar-refractivity contribution in [2.24, 2.45) is 0 Å². The minimum atomic E-state index is -3.54. The zero-order chi connectivity index (χ0) is 14.0. The Morgan fingerprint density at radius 3 is 2.60 bits per heavy atom. The summed E-state index contributed by atoms with van der Waals surface area (Å²) in [6, 6.07) is 14.1. The minimum Gasteiger partial charge on any atom is -0.376 e. The van der Waals surface area contributed by atoms with Crippen LogP contribution in [-0.4, -0.2) is 15.0 Å². The fourth-order valence-corrected chi connectivity index (χ4v) is 3.34. The summed E-state index contributed by atoms with van der Waals surface area (Å²) in [4.78, 5) is 0.294. The molecule has 3 rings (SSSR count). The second-order valence-corrected chi connectivity index (χ2v) is 6.39. The van der Waals surface area contributed by atoms with Crippen LogP contribution in [0.5, 0.6) is 0 Å². The van der Waals surface area contributed by atoms with E-state index in [1.165, 1.54) is 0 Å². The van der Waals surface area contributed by atoms with Crippen LogP contribution in [0.1, 0.15) is 11.1 Å². The summed E-state index contributed by atoms with van der Waals surface area (Å²) in [5.74, 6) is 0. The summed E-state index contributed by atoms with van der Waals surface area (Å²) in [6.45, 7) is 1.20. The largest absolute Gasteiger partial charge is 0.376 e. The van der Waals surface area contributed by atoms with Crippen LogP contribution in [0.15, 0.2) is 53.4 Å². The number of hydrogen-bond acceptors (Lipinski definition) is 3. The van der Waals surface area contributed by atoms with E-state index in [1.807, 2.05) is 12.1 Å². The molecule has 1 aliphatic heterocycles. The number of ether oxygens (including phenoxy) is 1. The predicted molar refractivity (Wildman–Crippen MR) is 77.1 cm³/mol. The van der Waals surface area contributed by atoms with Gasteiger partial charge in [0.2, 0.25) is 0 Å². The van der Waals surface area contributed by atoms with Crippen LogP contribution in [-0.2, 0) is 27.8 Å². The topological polar surface area (TPSA) is 55.4 Å². The number of benzene rings is 2. The van der Waals surface area contributed by atoms with Crippen molar-refractivity contribution in [2.45, 2.75) is 17.9 Å². The molecule has 2 aromatic rings. The lowest BCUT2D eigenvalue weighted by atomic mass is 10.0. The van der Waals surface area contributed by atoms with Gasteiger partial charge in [0.05, 0.1) is 18.1 Å². The van der Waals surface area contributed by atoms with Gasteiger partial charge in [-0.25, -0.2) is 8.42 Å². The third-order valence-electron chi connectivity index (χ3n) is 3.29. The molecular formula is C15H15NO3S. The maximum absolute atomic E-state index is 12.3. The van der Waals surface area contributed by atoms with Crippen molar-refractivity contribution in [3.63, 3.8) is 0 Å². The number of sulfonamides is 1. The van der Waals surface area contributed by atoms with E-state index < -0.39 is 10.0 Å². The van der Waals surface area contributed by atoms with E-state index in [1.54, 1.807) is 36.4 Å². The van der Waals surface area contributed by atoms with Gasteiger partial charge in [-0.05, 0) is 41.8 Å². The van der Waals surface area contributed by atoms with Gasteiger partial charge in [-0.1, -0.05) is 24.3 Å². The van der Waals surface area contributed by atoms with E-state index in [4.69, 9.17) is 4.74 Å². The van der Waals surface area contributed by atoms with Crippen LogP contribution in [0.2, 0.25) is 0 Å². The van der Waals surface area contributed by atoms with Gasteiger partial charge in [0, 0.05) is 5.69 Å². The molecule has 4 nitrogen and oxygen atoms in total. The highest BCUT2D eigenvalue weighted by Gasteiger charge is 2.17. The zero-order valence-corrected chi connectivity index (χ0v) is 11.7. The van der Waals surface area contributed by atoms with E-state index >= 15 is 0 Å². The van der Waals surface area contributed by atoms with Crippen molar-refractivity contribution < 1.29 is 13.2 Å². The van der Waals surface area contributed by atoms with Crippen LogP contribution < -0.4 is 4.72 Å². The molecule has 0 aromatic heterocycles. The van der Waals surface area contributed by atoms with Crippen molar-refractivity contribution in [3.05, 3.63) is 59.7 Å². The number of nitrogens with one attached hydrogen (secondary N) is 1. The average Bonchev–Trinajstić information content (AvgIpc) is 2.47. The average molecular weight is 289 g/mol. The van der Waals surface area contributed by atoms with Gasteiger partial charge < -0.3 is 4.74 Å². The Labute approximate surface area is 118 Å². The fraction of sp³-hybridized carbons (Fsp3) is 0.200. The predicted octanol–water partition coefficient (Wildman–Crippen LogP) is 2.56. The molecular weight excluding hydrogens is 274 g/mol. The Kier molecular flexibility index (Phi) is 3.46. The van der Waals surface area contributed by atoms with Crippen molar-refractivity contribution >= 4 is 15.7 Å². The molecule has 5 heteroatoms. The molecule has 0 amide bonds. The second kappa shape index (κ2) is 5.26. The number of rotatable bonds is 3. The molecule has 0 saturated carbocycles. The van der Waals surface area contributed by atoms with E-state index in [9.17, 15) is 8.42 Å². The summed E-state index contributed by atoms with van der Waals surface area (Å²) in [7, 11) is -3.54. The molecule has 1 aliphatic rings. The third kappa shape index (κ3) is 2.69. The SMILES string of the molecule is O=S(=O)(Nc1ccccc1)c1ccc2c(c1)CCOC2. The van der Waals surface area contributed by atoms with E-state index in [-0.39, 0.29) is 0 Å². The molecule has 0 atom stereocenters. The summed E-state index contributed by atoms with van der Waals surface area (Å²) in [5, 5.41) is 0. The van der Waals surface area contributed by atoms with Crippen molar-refractivity contribution in [1.82, 2.24) is 0 Å². The van der Waals surface area contributed by atoms with Gasteiger partial charge in [-0.15, -0.1) is 0 Å². The molecule has 0 unspecified atom stereocenters. The summed E-state index contributed by atoms with van der Waals surface area (Å²) < 4.78 is 32.6. The molecule has 0 bridgehead atoms. The third-order valence-corrected chi connectivity index (χ3v) is 4.67. The first-order valence-corrected chi connectivity index (χ1v) is 7.91. The van der Waals surface area contributed by atoms with E-state index in [0.29, 0.717) is 23.8 Å². The van der Waals surface area contributed by atoms with Crippen LogP contribution >= 0.6 is 0 Å². The Morgan fingerprint density at radius 2 is 1.80 bits per heavy atom. The first-order chi connectivity index (χ1) is 9.65. The van der Waals surface area contributed by atoms with Crippen molar-refractivity contribution in [1.29, 1.82) is 0 Å². The smallest absolute Gasteiger partial charge is 0.261 e. The number of hydrogen-bond donors (Lipinski definition) is 1. The van der Waals surface area contributed by atoms with Crippen LogP contribution in [0.3, 0.4) is 0 Å². The van der Waals surface area contributed by atoms with Crippen LogP contribution in [0.4, 0.5) is 5.69 Å². The molecule has 0 spiro atoms. The standard InChI is InChI=1S/C15H15NO3S/c17-20(18,16-14-4-2-1-3-5-14)15-7-6-13-11-19-9-8-12(13)10-15/h1-7,10,16H,8-9,11H2. The molecule has 1 heterocycles. The molecule has 0 saturated heterocycles. The second-order valence-electron chi connectivity index (χ2n) is 4.70. The summed E-state index contributed by atoms with van der Waals surface area (Å²) >= 11 is 0.